The van der Waals surface area contributed by atoms with E-state index in [9.17, 15) is 4.79 Å². The van der Waals surface area contributed by atoms with Gasteiger partial charge in [0.25, 0.3) is 0 Å². The Hall–Kier alpha value is -2.08. The third kappa shape index (κ3) is 3.74. The highest BCUT2D eigenvalue weighted by Crippen LogP contribution is 2.08. The van der Waals surface area contributed by atoms with Crippen molar-refractivity contribution in [3.05, 3.63) is 48.0 Å². The van der Waals surface area contributed by atoms with Crippen LogP contribution in [-0.2, 0) is 11.2 Å². The van der Waals surface area contributed by atoms with E-state index in [1.54, 1.807) is 23.1 Å². The molecule has 1 aromatic carbocycles. The zero-order valence-electron chi connectivity index (χ0n) is 10.9. The van der Waals surface area contributed by atoms with Gasteiger partial charge in [-0.25, -0.2) is 0 Å². The molecule has 3 heteroatoms. The van der Waals surface area contributed by atoms with Crippen LogP contribution in [0.15, 0.2) is 36.9 Å². The minimum atomic E-state index is 0.0783. The maximum Gasteiger partial charge on any atom is 0.227 e. The van der Waals surface area contributed by atoms with E-state index in [2.05, 4.69) is 12.6 Å². The zero-order chi connectivity index (χ0) is 13.5. The van der Waals surface area contributed by atoms with Gasteiger partial charge in [0.1, 0.15) is 0 Å². The topological polar surface area (TPSA) is 44.1 Å². The van der Waals surface area contributed by atoms with Crippen molar-refractivity contribution in [2.45, 2.75) is 26.3 Å². The summed E-state index contributed by atoms with van der Waals surface area (Å²) in [6.07, 6.45) is 2.09. The Morgan fingerprint density at radius 2 is 2.06 bits per heavy atom. The van der Waals surface area contributed by atoms with Crippen molar-refractivity contribution >= 4 is 5.91 Å². The Bertz CT molecular complexity index is 454. The first kappa shape index (κ1) is 14.0. The highest BCUT2D eigenvalue weighted by atomic mass is 16.2. The maximum absolute atomic E-state index is 12.1. The van der Waals surface area contributed by atoms with Gasteiger partial charge < -0.3 is 4.90 Å². The van der Waals surface area contributed by atoms with Gasteiger partial charge in [-0.3, -0.25) is 4.79 Å². The van der Waals surface area contributed by atoms with Crippen molar-refractivity contribution in [3.63, 3.8) is 0 Å². The average Bonchev–Trinajstić information content (AvgIpc) is 2.36. The van der Waals surface area contributed by atoms with Crippen LogP contribution in [0.3, 0.4) is 0 Å². The molecule has 0 aromatic heterocycles. The van der Waals surface area contributed by atoms with Gasteiger partial charge in [0.15, 0.2) is 0 Å². The highest BCUT2D eigenvalue weighted by molar-refractivity contribution is 5.79. The third-order valence-corrected chi connectivity index (χ3v) is 2.71. The summed E-state index contributed by atoms with van der Waals surface area (Å²) >= 11 is 0. The van der Waals surface area contributed by atoms with Crippen molar-refractivity contribution in [3.8, 4) is 6.07 Å². The summed E-state index contributed by atoms with van der Waals surface area (Å²) in [6, 6.07) is 9.33. The van der Waals surface area contributed by atoms with E-state index in [0.29, 0.717) is 18.5 Å². The molecule has 0 aliphatic rings. The van der Waals surface area contributed by atoms with E-state index in [1.807, 2.05) is 26.0 Å². The highest BCUT2D eigenvalue weighted by Gasteiger charge is 2.15. The molecule has 18 heavy (non-hydrogen) atoms. The summed E-state index contributed by atoms with van der Waals surface area (Å²) in [5.41, 5.74) is 1.53. The summed E-state index contributed by atoms with van der Waals surface area (Å²) < 4.78 is 0. The maximum atomic E-state index is 12.1. The van der Waals surface area contributed by atoms with Crippen LogP contribution in [0.5, 0.6) is 0 Å². The van der Waals surface area contributed by atoms with E-state index in [1.165, 1.54) is 0 Å². The first-order valence-electron chi connectivity index (χ1n) is 5.98. The van der Waals surface area contributed by atoms with E-state index in [0.717, 1.165) is 5.56 Å². The number of carbonyl (C=O) groups is 1. The molecular weight excluding hydrogens is 224 g/mol. The van der Waals surface area contributed by atoms with Gasteiger partial charge in [-0.15, -0.1) is 6.58 Å². The molecule has 0 radical (unpaired) electrons. The van der Waals surface area contributed by atoms with E-state index < -0.39 is 0 Å². The second kappa shape index (κ2) is 6.61. The fourth-order valence-electron chi connectivity index (χ4n) is 1.71. The number of rotatable bonds is 5. The van der Waals surface area contributed by atoms with Crippen molar-refractivity contribution in [1.29, 1.82) is 5.26 Å². The molecule has 0 unspecified atom stereocenters. The molecule has 1 amide bonds. The van der Waals surface area contributed by atoms with Crippen LogP contribution in [0.1, 0.15) is 25.0 Å². The molecule has 0 bridgehead atoms. The first-order valence-corrected chi connectivity index (χ1v) is 5.98. The van der Waals surface area contributed by atoms with Crippen LogP contribution in [0.4, 0.5) is 0 Å². The van der Waals surface area contributed by atoms with Crippen LogP contribution in [0, 0.1) is 11.3 Å². The molecule has 0 atom stereocenters. The molecule has 1 rings (SSSR count). The molecule has 0 saturated carbocycles. The number of benzene rings is 1. The van der Waals surface area contributed by atoms with Crippen molar-refractivity contribution in [1.82, 2.24) is 4.90 Å². The normalized spacial score (nSPS) is 9.89. The van der Waals surface area contributed by atoms with Crippen LogP contribution >= 0.6 is 0 Å². The summed E-state index contributed by atoms with van der Waals surface area (Å²) in [4.78, 5) is 13.9. The summed E-state index contributed by atoms with van der Waals surface area (Å²) in [7, 11) is 0. The van der Waals surface area contributed by atoms with Crippen LogP contribution < -0.4 is 0 Å². The van der Waals surface area contributed by atoms with E-state index in [-0.39, 0.29) is 11.9 Å². The van der Waals surface area contributed by atoms with Crippen LogP contribution in [-0.4, -0.2) is 23.4 Å². The van der Waals surface area contributed by atoms with Gasteiger partial charge in [-0.1, -0.05) is 18.2 Å². The standard InChI is InChI=1S/C15H18N2O/c1-4-9-17(12(2)3)15(18)10-13-5-7-14(11-16)8-6-13/h4-8,12H,1,9-10H2,2-3H3. The molecule has 0 spiro atoms. The van der Waals surface area contributed by atoms with E-state index >= 15 is 0 Å². The van der Waals surface area contributed by atoms with Crippen molar-refractivity contribution < 1.29 is 4.79 Å². The number of hydrogen-bond acceptors (Lipinski definition) is 2. The Morgan fingerprint density at radius 3 is 2.50 bits per heavy atom. The Labute approximate surface area is 108 Å². The predicted molar refractivity (Wildman–Crippen MR) is 71.9 cm³/mol. The fourth-order valence-corrected chi connectivity index (χ4v) is 1.71. The fraction of sp³-hybridized carbons (Fsp3) is 0.333. The van der Waals surface area contributed by atoms with Gasteiger partial charge in [-0.05, 0) is 31.5 Å². The second-order valence-corrected chi connectivity index (χ2v) is 4.41. The molecule has 0 N–H and O–H groups in total. The minimum Gasteiger partial charge on any atom is -0.336 e. The van der Waals surface area contributed by atoms with Gasteiger partial charge in [0.05, 0.1) is 18.1 Å². The summed E-state index contributed by atoms with van der Waals surface area (Å²) in [5.74, 6) is 0.0783. The minimum absolute atomic E-state index is 0.0783. The lowest BCUT2D eigenvalue weighted by molar-refractivity contribution is -0.131. The largest absolute Gasteiger partial charge is 0.336 e. The number of nitrogens with zero attached hydrogens (tertiary/aromatic N) is 2. The number of hydrogen-bond donors (Lipinski definition) is 0. The lowest BCUT2D eigenvalue weighted by Crippen LogP contribution is -2.38. The van der Waals surface area contributed by atoms with Crippen LogP contribution in [0.25, 0.3) is 0 Å². The zero-order valence-corrected chi connectivity index (χ0v) is 10.9. The summed E-state index contributed by atoms with van der Waals surface area (Å²) in [6.45, 7) is 8.20. The molecule has 0 aliphatic heterocycles. The molecule has 0 aliphatic carbocycles. The quantitative estimate of drug-likeness (QED) is 0.745. The predicted octanol–water partition coefficient (Wildman–Crippen LogP) is 2.52. The smallest absolute Gasteiger partial charge is 0.227 e. The Balaban J connectivity index is 2.73. The van der Waals surface area contributed by atoms with Gasteiger partial charge >= 0.3 is 0 Å². The Morgan fingerprint density at radius 1 is 1.44 bits per heavy atom. The lowest BCUT2D eigenvalue weighted by Gasteiger charge is -2.25. The monoisotopic (exact) mass is 242 g/mol. The molecule has 0 saturated heterocycles. The Kier molecular flexibility index (Phi) is 5.13. The van der Waals surface area contributed by atoms with Gasteiger partial charge in [0, 0.05) is 12.6 Å². The van der Waals surface area contributed by atoms with Gasteiger partial charge in [0.2, 0.25) is 5.91 Å². The number of carbonyl (C=O) groups excluding carboxylic acids is 1. The van der Waals surface area contributed by atoms with Gasteiger partial charge in [-0.2, -0.15) is 5.26 Å². The van der Waals surface area contributed by atoms with E-state index in [4.69, 9.17) is 5.26 Å². The third-order valence-electron chi connectivity index (χ3n) is 2.71. The molecular formula is C15H18N2O. The molecule has 1 aromatic rings. The summed E-state index contributed by atoms with van der Waals surface area (Å²) in [5, 5.41) is 8.71. The van der Waals surface area contributed by atoms with Crippen LogP contribution in [0.2, 0.25) is 0 Å². The molecule has 0 heterocycles. The molecule has 3 nitrogen and oxygen atoms in total. The van der Waals surface area contributed by atoms with Crippen molar-refractivity contribution in [2.24, 2.45) is 0 Å². The molecule has 0 fully saturated rings. The van der Waals surface area contributed by atoms with Crippen molar-refractivity contribution in [2.75, 3.05) is 6.54 Å². The number of amides is 1. The number of nitriles is 1. The molecule has 94 valence electrons. The lowest BCUT2D eigenvalue weighted by atomic mass is 10.1. The average molecular weight is 242 g/mol. The first-order chi connectivity index (χ1) is 8.58. The SMILES string of the molecule is C=CCN(C(=O)Cc1ccc(C#N)cc1)C(C)C. The second-order valence-electron chi connectivity index (χ2n) is 4.41.